The number of nitrogens with one attached hydrogen (secondary N) is 8. The molecule has 36 nitrogen and oxygen atoms in total. The minimum atomic E-state index is -3.22. The van der Waals surface area contributed by atoms with Crippen LogP contribution in [0, 0.1) is 5.92 Å². The number of ether oxygens (including phenoxy) is 9. The van der Waals surface area contributed by atoms with Crippen LogP contribution < -0.4 is 42.5 Å². The lowest BCUT2D eigenvalue weighted by Gasteiger charge is -2.42. The highest BCUT2D eigenvalue weighted by atomic mass is 32.7. The standard InChI is InChI=1S/C56H101N8O28PS/c1-29(2)93(82,94)92-34-8-6-33(7-9-34)51(79)64-36(53(81)59-16-19-85-22-25-88-56-44(62-32(5)70)50(78)47(75)39(28-67)91-56)11-13-41(72)63-35(52(80)58-15-18-84-21-24-87-55-43(61-31(4)69)49(77)46(74)38(27-66)90-55)10-12-40(71)57-14-17-83-20-23-86-54-42(60-30(3)68)48(76)45(73)37(26-65)89-54/h29,31,33-39,42-50,54-56,61,65-67,69,73-78H,6-28H2,1-5H3,(H,57,71)(H,58,80)(H,59,81)(H,60,68)(H,62,70)(H,63,72)(H,64,79)(H,82,94)/t31?,33-,34+,35?,36?,37?,38?,39?,42?,43?,44?,45?,46?,47?,48?,49?,50?,54?,55?,56?,93?. The molecule has 18 N–H and O–H groups in total. The van der Waals surface area contributed by atoms with E-state index in [0.717, 1.165) is 0 Å². The topological polar surface area (TPSA) is 527 Å². The third kappa shape index (κ3) is 27.7. The zero-order valence-corrected chi connectivity index (χ0v) is 55.4. The minimum Gasteiger partial charge on any atom is -0.394 e. The van der Waals surface area contributed by atoms with E-state index in [9.17, 15) is 89.2 Å². The van der Waals surface area contributed by atoms with Gasteiger partial charge in [0.2, 0.25) is 41.4 Å². The number of carbonyl (C=O) groups is 7. The molecule has 94 heavy (non-hydrogen) atoms. The SMILES string of the molecule is CC(=O)NC1C(OCCOCCNC(=O)CCC(NC(=O)CCC(NC(=O)[C@H]2CC[C@@H](OP(=O)(S)C(C)C)CC2)C(=O)NCCOCCOC2OC(CO)C(O)C(O)C2NC(C)=O)C(=O)NCCOCCOC2OC(CO)C(O)C(O)C2NC(C)O)OC(CO)C(O)C1O. The molecule has 3 aliphatic heterocycles. The summed E-state index contributed by atoms with van der Waals surface area (Å²) in [7, 11) is 0. The van der Waals surface area contributed by atoms with Crippen LogP contribution in [0.25, 0.3) is 0 Å². The molecular formula is C56H101N8O28PS. The van der Waals surface area contributed by atoms with Crippen molar-refractivity contribution in [1.29, 1.82) is 0 Å². The van der Waals surface area contributed by atoms with Crippen LogP contribution >= 0.6 is 18.8 Å². The van der Waals surface area contributed by atoms with Crippen molar-refractivity contribution in [3.63, 3.8) is 0 Å². The molecule has 3 heterocycles. The highest BCUT2D eigenvalue weighted by Crippen LogP contribution is 2.58. The van der Waals surface area contributed by atoms with Gasteiger partial charge in [0.15, 0.2) is 18.9 Å². The summed E-state index contributed by atoms with van der Waals surface area (Å²) in [5.41, 5.74) is -0.343. The Balaban J connectivity index is 1.36. The lowest BCUT2D eigenvalue weighted by atomic mass is 9.86. The van der Waals surface area contributed by atoms with Gasteiger partial charge in [0.05, 0.1) is 91.4 Å². The van der Waals surface area contributed by atoms with E-state index in [-0.39, 0.29) is 104 Å². The smallest absolute Gasteiger partial charge is 0.257 e. The molecule has 0 spiro atoms. The largest absolute Gasteiger partial charge is 0.394 e. The summed E-state index contributed by atoms with van der Waals surface area (Å²) >= 11 is 4.24. The molecule has 4 rings (SSSR count). The molecule has 4 aliphatic rings. The molecule has 19 atom stereocenters. The fourth-order valence-corrected chi connectivity index (χ4v) is 11.7. The first-order valence-electron chi connectivity index (χ1n) is 31.5. The van der Waals surface area contributed by atoms with Crippen molar-refractivity contribution >= 4 is 60.2 Å². The van der Waals surface area contributed by atoms with Crippen molar-refractivity contribution in [2.45, 2.75) is 208 Å². The Labute approximate surface area is 550 Å². The van der Waals surface area contributed by atoms with E-state index in [4.69, 9.17) is 47.2 Å². The summed E-state index contributed by atoms with van der Waals surface area (Å²) in [6.07, 6.45) is -17.8. The van der Waals surface area contributed by atoms with Gasteiger partial charge in [0, 0.05) is 57.9 Å². The number of aliphatic hydroxyl groups excluding tert-OH is 10. The van der Waals surface area contributed by atoms with Gasteiger partial charge < -0.3 is 135 Å². The number of amides is 7. The highest BCUT2D eigenvalue weighted by molar-refractivity contribution is 8.46. The molecule has 544 valence electrons. The van der Waals surface area contributed by atoms with Crippen LogP contribution in [0.1, 0.15) is 86.0 Å². The molecule has 0 aromatic rings. The Morgan fingerprint density at radius 2 is 0.904 bits per heavy atom. The molecule has 19 unspecified atom stereocenters. The van der Waals surface area contributed by atoms with E-state index >= 15 is 0 Å². The van der Waals surface area contributed by atoms with E-state index in [1.54, 1.807) is 13.8 Å². The normalized spacial score (nSPS) is 30.4. The Kier molecular flexibility index (Phi) is 37.5. The summed E-state index contributed by atoms with van der Waals surface area (Å²) in [5.74, 6) is -4.89. The van der Waals surface area contributed by atoms with Crippen molar-refractivity contribution in [3.05, 3.63) is 0 Å². The van der Waals surface area contributed by atoms with E-state index in [2.05, 4.69) is 54.8 Å². The summed E-state index contributed by atoms with van der Waals surface area (Å²) < 4.78 is 69.1. The maximum absolute atomic E-state index is 13.9. The van der Waals surface area contributed by atoms with E-state index in [0.29, 0.717) is 25.7 Å². The second kappa shape index (κ2) is 42.8. The van der Waals surface area contributed by atoms with Crippen molar-refractivity contribution in [2.75, 3.05) is 98.9 Å². The third-order valence-corrected chi connectivity index (χ3v) is 19.2. The first kappa shape index (κ1) is 82.5. The van der Waals surface area contributed by atoms with Gasteiger partial charge in [0.25, 0.3) is 6.57 Å². The van der Waals surface area contributed by atoms with Gasteiger partial charge in [0.1, 0.15) is 85.3 Å². The van der Waals surface area contributed by atoms with E-state index in [1.807, 2.05) is 0 Å². The summed E-state index contributed by atoms with van der Waals surface area (Å²) in [4.78, 5) is 92.0. The summed E-state index contributed by atoms with van der Waals surface area (Å²) in [6.45, 7) is 0.910. The molecule has 0 aromatic carbocycles. The maximum Gasteiger partial charge on any atom is 0.257 e. The molecule has 0 radical (unpaired) electrons. The van der Waals surface area contributed by atoms with Crippen LogP contribution in [0.15, 0.2) is 0 Å². The molecule has 38 heteroatoms. The Morgan fingerprint density at radius 3 is 1.30 bits per heavy atom. The Hall–Kier alpha value is -3.97. The van der Waals surface area contributed by atoms with Gasteiger partial charge >= 0.3 is 0 Å². The van der Waals surface area contributed by atoms with Gasteiger partial charge in [-0.15, -0.1) is 0 Å². The number of carbonyl (C=O) groups excluding carboxylic acids is 7. The van der Waals surface area contributed by atoms with Gasteiger partial charge in [-0.2, -0.15) is 0 Å². The molecule has 1 saturated carbocycles. The third-order valence-electron chi connectivity index (χ3n) is 15.6. The predicted molar refractivity (Wildman–Crippen MR) is 327 cm³/mol. The van der Waals surface area contributed by atoms with Crippen LogP contribution in [-0.2, 0) is 85.3 Å². The van der Waals surface area contributed by atoms with Crippen LogP contribution in [0.5, 0.6) is 0 Å². The zero-order chi connectivity index (χ0) is 69.7. The number of rotatable bonds is 42. The average molecular weight is 1400 g/mol. The van der Waals surface area contributed by atoms with Gasteiger partial charge in [-0.25, -0.2) is 0 Å². The molecule has 0 aromatic heterocycles. The second-order valence-electron chi connectivity index (χ2n) is 23.3. The highest BCUT2D eigenvalue weighted by Gasteiger charge is 2.48. The van der Waals surface area contributed by atoms with Crippen LogP contribution in [0.2, 0.25) is 0 Å². The van der Waals surface area contributed by atoms with Crippen molar-refractivity contribution in [3.8, 4) is 0 Å². The van der Waals surface area contributed by atoms with Gasteiger partial charge in [-0.1, -0.05) is 26.1 Å². The lowest BCUT2D eigenvalue weighted by Crippen LogP contribution is -2.65. The zero-order valence-electron chi connectivity index (χ0n) is 53.6. The van der Waals surface area contributed by atoms with E-state index < -0.39 is 196 Å². The van der Waals surface area contributed by atoms with Gasteiger partial charge in [-0.3, -0.25) is 43.4 Å². The van der Waals surface area contributed by atoms with Crippen LogP contribution in [0.4, 0.5) is 0 Å². The molecule has 1 aliphatic carbocycles. The lowest BCUT2D eigenvalue weighted by molar-refractivity contribution is -0.275. The van der Waals surface area contributed by atoms with Crippen molar-refractivity contribution < 1.29 is 136 Å². The summed E-state index contributed by atoms with van der Waals surface area (Å²) in [6, 6.07) is -6.10. The van der Waals surface area contributed by atoms with Crippen LogP contribution in [0.3, 0.4) is 0 Å². The van der Waals surface area contributed by atoms with Crippen molar-refractivity contribution in [2.24, 2.45) is 5.92 Å². The van der Waals surface area contributed by atoms with Gasteiger partial charge in [-0.05, 0) is 45.4 Å². The minimum absolute atomic E-state index is 0.0208. The second-order valence-corrected chi connectivity index (χ2v) is 27.4. The quantitative estimate of drug-likeness (QED) is 0.0117. The number of thiol groups is 1. The van der Waals surface area contributed by atoms with Crippen molar-refractivity contribution in [1.82, 2.24) is 42.5 Å². The fourth-order valence-electron chi connectivity index (χ4n) is 10.4. The Bertz CT molecular complexity index is 2360. The predicted octanol–water partition coefficient (Wildman–Crippen LogP) is -7.31. The maximum atomic E-state index is 13.9. The number of aliphatic hydroxyl groups is 10. The molecular weight excluding hydrogens is 1300 g/mol. The summed E-state index contributed by atoms with van der Waals surface area (Å²) in [5, 5.41) is 122. The Morgan fingerprint density at radius 1 is 0.521 bits per heavy atom. The number of hydrogen-bond donors (Lipinski definition) is 19. The molecule has 4 fully saturated rings. The molecule has 0 bridgehead atoms. The van der Waals surface area contributed by atoms with E-state index in [1.165, 1.54) is 20.8 Å². The molecule has 7 amide bonds. The number of hydrogen-bond acceptors (Lipinski definition) is 29. The first-order valence-corrected chi connectivity index (χ1v) is 34.3. The molecule has 3 saturated heterocycles. The fraction of sp³-hybridized carbons (Fsp3) is 0.875. The monoisotopic (exact) mass is 1400 g/mol. The first-order chi connectivity index (χ1) is 44.6. The average Bonchev–Trinajstić information content (AvgIpc) is 0.828. The van der Waals surface area contributed by atoms with Crippen LogP contribution in [-0.4, -0.2) is 313 Å².